The molecule has 2 aromatic carbocycles. The zero-order chi connectivity index (χ0) is 24.9. The lowest BCUT2D eigenvalue weighted by Gasteiger charge is -2.29. The molecular weight excluding hydrogens is 479 g/mol. The highest BCUT2D eigenvalue weighted by atomic mass is 35.5. The van der Waals surface area contributed by atoms with Gasteiger partial charge in [-0.2, -0.15) is 0 Å². The molecule has 2 amide bonds. The predicted molar refractivity (Wildman–Crippen MR) is 144 cm³/mol. The van der Waals surface area contributed by atoms with Crippen molar-refractivity contribution >= 4 is 46.4 Å². The molecule has 2 aliphatic heterocycles. The Morgan fingerprint density at radius 1 is 1.14 bits per heavy atom. The van der Waals surface area contributed by atoms with Gasteiger partial charge in [0.15, 0.2) is 0 Å². The fourth-order valence-electron chi connectivity index (χ4n) is 5.21. The van der Waals surface area contributed by atoms with E-state index < -0.39 is 5.41 Å². The third-order valence-electron chi connectivity index (χ3n) is 7.32. The van der Waals surface area contributed by atoms with Gasteiger partial charge in [-0.3, -0.25) is 14.5 Å². The van der Waals surface area contributed by atoms with E-state index in [2.05, 4.69) is 16.0 Å². The second kappa shape index (κ2) is 9.71. The normalized spacial score (nSPS) is 17.1. The first-order chi connectivity index (χ1) is 16.7. The van der Waals surface area contributed by atoms with Crippen molar-refractivity contribution in [3.8, 4) is 0 Å². The number of halogens is 2. The number of H-pyrrole nitrogens is 1. The van der Waals surface area contributed by atoms with Crippen LogP contribution in [0.15, 0.2) is 48.7 Å². The Kier molecular flexibility index (Phi) is 6.99. The van der Waals surface area contributed by atoms with Crippen molar-refractivity contribution in [2.45, 2.75) is 25.7 Å². The van der Waals surface area contributed by atoms with Crippen molar-refractivity contribution in [1.29, 1.82) is 0 Å². The average molecular weight is 511 g/mol. The molecule has 0 unspecified atom stereocenters. The summed E-state index contributed by atoms with van der Waals surface area (Å²) in [6.07, 6.45) is 5.09. The molecule has 0 fully saturated rings. The molecule has 0 bridgehead atoms. The number of carbonyl (C=O) groups is 2. The van der Waals surface area contributed by atoms with Crippen LogP contribution in [0.1, 0.15) is 41.8 Å². The van der Waals surface area contributed by atoms with Gasteiger partial charge >= 0.3 is 0 Å². The van der Waals surface area contributed by atoms with Crippen LogP contribution in [0, 0.1) is 5.82 Å². The van der Waals surface area contributed by atoms with Gasteiger partial charge in [0.2, 0.25) is 5.91 Å². The van der Waals surface area contributed by atoms with E-state index in [-0.39, 0.29) is 30.0 Å². The fraction of sp³-hybridized carbons (Fsp3) is 0.357. The molecule has 36 heavy (non-hydrogen) atoms. The summed E-state index contributed by atoms with van der Waals surface area (Å²) >= 11 is 0. The molecule has 2 aliphatic rings. The summed E-state index contributed by atoms with van der Waals surface area (Å²) in [6, 6.07) is 10.5. The lowest BCUT2D eigenvalue weighted by Crippen LogP contribution is -2.42. The molecule has 1 aromatic heterocycles. The number of nitrogens with one attached hydrogen (secondary N) is 1. The summed E-state index contributed by atoms with van der Waals surface area (Å²) in [5.74, 6) is -0.233. The number of aromatic nitrogens is 1. The monoisotopic (exact) mass is 510 g/mol. The second-order valence-corrected chi connectivity index (χ2v) is 10.2. The standard InChI is InChI=1S/C28H31FN4O2.ClH/c1-28(2)23-15-19(26(34)31(3)4)5-8-25(23)33(27(28)35)14-13-32-11-9-18(10-12-32)22-17-30-24-16-20(29)6-7-21(22)24;/h5-9,15-17,30H,10-14H2,1-4H3;1H. The third-order valence-corrected chi connectivity index (χ3v) is 7.32. The Hall–Kier alpha value is -3.16. The number of benzene rings is 2. The van der Waals surface area contributed by atoms with Gasteiger partial charge in [0, 0.05) is 74.2 Å². The minimum absolute atomic E-state index is 0. The third kappa shape index (κ3) is 4.42. The van der Waals surface area contributed by atoms with Crippen molar-refractivity contribution in [1.82, 2.24) is 14.8 Å². The van der Waals surface area contributed by atoms with Crippen LogP contribution in [-0.4, -0.2) is 66.9 Å². The van der Waals surface area contributed by atoms with E-state index in [1.54, 1.807) is 19.0 Å². The van der Waals surface area contributed by atoms with Gasteiger partial charge in [-0.15, -0.1) is 12.4 Å². The number of nitrogens with zero attached hydrogens (tertiary/aromatic N) is 3. The topological polar surface area (TPSA) is 59.7 Å². The fourth-order valence-corrected chi connectivity index (χ4v) is 5.21. The smallest absolute Gasteiger partial charge is 0.253 e. The second-order valence-electron chi connectivity index (χ2n) is 10.2. The summed E-state index contributed by atoms with van der Waals surface area (Å²) in [5.41, 5.74) is 4.95. The van der Waals surface area contributed by atoms with Gasteiger partial charge in [-0.05, 0) is 67.8 Å². The lowest BCUT2D eigenvalue weighted by atomic mass is 9.85. The van der Waals surface area contributed by atoms with E-state index in [9.17, 15) is 14.0 Å². The number of carbonyl (C=O) groups excluding carboxylic acids is 2. The van der Waals surface area contributed by atoms with Crippen molar-refractivity contribution in [3.05, 3.63) is 71.2 Å². The maximum absolute atomic E-state index is 13.5. The zero-order valence-corrected chi connectivity index (χ0v) is 21.9. The van der Waals surface area contributed by atoms with Gasteiger partial charge in [0.25, 0.3) is 5.91 Å². The molecular formula is C28H32ClFN4O2. The first-order valence-electron chi connectivity index (χ1n) is 12.0. The number of hydrogen-bond acceptors (Lipinski definition) is 3. The largest absolute Gasteiger partial charge is 0.360 e. The van der Waals surface area contributed by atoms with Crippen LogP contribution in [0.2, 0.25) is 0 Å². The van der Waals surface area contributed by atoms with Crippen LogP contribution in [0.5, 0.6) is 0 Å². The van der Waals surface area contributed by atoms with Crippen molar-refractivity contribution < 1.29 is 14.0 Å². The van der Waals surface area contributed by atoms with Gasteiger partial charge < -0.3 is 14.8 Å². The SMILES string of the molecule is CN(C)C(=O)c1ccc2c(c1)C(C)(C)C(=O)N2CCN1CC=C(c2c[nH]c3cc(F)ccc23)CC1.Cl. The predicted octanol–water partition coefficient (Wildman–Crippen LogP) is 4.84. The number of rotatable bonds is 5. The van der Waals surface area contributed by atoms with Gasteiger partial charge in [0.05, 0.1) is 5.41 Å². The molecule has 0 radical (unpaired) electrons. The first kappa shape index (κ1) is 25.9. The van der Waals surface area contributed by atoms with E-state index in [4.69, 9.17) is 0 Å². The Balaban J connectivity index is 0.00000304. The van der Waals surface area contributed by atoms with Crippen molar-refractivity contribution in [2.75, 3.05) is 45.2 Å². The molecule has 0 saturated carbocycles. The minimum atomic E-state index is -0.665. The summed E-state index contributed by atoms with van der Waals surface area (Å²) in [6.45, 7) is 6.93. The van der Waals surface area contributed by atoms with Crippen LogP contribution in [0.25, 0.3) is 16.5 Å². The molecule has 190 valence electrons. The molecule has 1 N–H and O–H groups in total. The average Bonchev–Trinajstić information content (AvgIpc) is 3.34. The van der Waals surface area contributed by atoms with E-state index in [1.807, 2.05) is 49.2 Å². The molecule has 6 nitrogen and oxygen atoms in total. The summed E-state index contributed by atoms with van der Waals surface area (Å²) in [5, 5.41) is 1.04. The quantitative estimate of drug-likeness (QED) is 0.534. The van der Waals surface area contributed by atoms with E-state index >= 15 is 0 Å². The minimum Gasteiger partial charge on any atom is -0.360 e. The number of fused-ring (bicyclic) bond motifs is 2. The summed E-state index contributed by atoms with van der Waals surface area (Å²) < 4.78 is 13.5. The highest BCUT2D eigenvalue weighted by molar-refractivity contribution is 6.08. The summed E-state index contributed by atoms with van der Waals surface area (Å²) in [4.78, 5) is 34.7. The Labute approximate surface area is 217 Å². The van der Waals surface area contributed by atoms with E-state index in [1.165, 1.54) is 17.7 Å². The van der Waals surface area contributed by atoms with Crippen LogP contribution >= 0.6 is 12.4 Å². The van der Waals surface area contributed by atoms with Crippen LogP contribution in [0.4, 0.5) is 10.1 Å². The van der Waals surface area contributed by atoms with Crippen molar-refractivity contribution in [2.24, 2.45) is 0 Å². The number of hydrogen-bond donors (Lipinski definition) is 1. The Morgan fingerprint density at radius 3 is 2.61 bits per heavy atom. The number of amides is 2. The maximum atomic E-state index is 13.5. The highest BCUT2D eigenvalue weighted by Gasteiger charge is 2.44. The zero-order valence-electron chi connectivity index (χ0n) is 21.1. The molecule has 0 saturated heterocycles. The molecule has 5 rings (SSSR count). The van der Waals surface area contributed by atoms with Gasteiger partial charge in [0.1, 0.15) is 5.82 Å². The van der Waals surface area contributed by atoms with Crippen LogP contribution in [-0.2, 0) is 10.2 Å². The van der Waals surface area contributed by atoms with Gasteiger partial charge in [-0.1, -0.05) is 6.08 Å². The lowest BCUT2D eigenvalue weighted by molar-refractivity contribution is -0.122. The molecule has 0 spiro atoms. The Bertz CT molecular complexity index is 1360. The highest BCUT2D eigenvalue weighted by Crippen LogP contribution is 2.42. The first-order valence-corrected chi connectivity index (χ1v) is 12.0. The molecule has 0 aliphatic carbocycles. The van der Waals surface area contributed by atoms with Gasteiger partial charge in [-0.25, -0.2) is 4.39 Å². The molecule has 0 atom stereocenters. The maximum Gasteiger partial charge on any atom is 0.253 e. The molecule has 8 heteroatoms. The number of anilines is 1. The van der Waals surface area contributed by atoms with E-state index in [0.717, 1.165) is 53.8 Å². The molecule has 3 heterocycles. The van der Waals surface area contributed by atoms with E-state index in [0.29, 0.717) is 12.1 Å². The van der Waals surface area contributed by atoms with Crippen LogP contribution < -0.4 is 4.90 Å². The van der Waals surface area contributed by atoms with Crippen LogP contribution in [0.3, 0.4) is 0 Å². The number of aromatic amines is 1. The Morgan fingerprint density at radius 2 is 1.92 bits per heavy atom. The molecule has 3 aromatic rings. The summed E-state index contributed by atoms with van der Waals surface area (Å²) in [7, 11) is 3.46. The van der Waals surface area contributed by atoms with Crippen molar-refractivity contribution in [3.63, 3.8) is 0 Å².